The number of hydrogen-bond acceptors (Lipinski definition) is 5. The van der Waals surface area contributed by atoms with E-state index in [0.717, 1.165) is 23.7 Å². The van der Waals surface area contributed by atoms with Gasteiger partial charge in [0.25, 0.3) is 0 Å². The number of hydrogen-bond donors (Lipinski definition) is 1. The Hall–Kier alpha value is -1.76. The summed E-state index contributed by atoms with van der Waals surface area (Å²) in [6.07, 6.45) is 4.99. The van der Waals surface area contributed by atoms with Crippen molar-refractivity contribution in [2.75, 3.05) is 0 Å². The summed E-state index contributed by atoms with van der Waals surface area (Å²) in [5.41, 5.74) is 0.593. The predicted molar refractivity (Wildman–Crippen MR) is 77.6 cm³/mol. The summed E-state index contributed by atoms with van der Waals surface area (Å²) in [6.45, 7) is 0. The van der Waals surface area contributed by atoms with E-state index in [0.29, 0.717) is 23.8 Å². The Kier molecular flexibility index (Phi) is 4.01. The normalized spacial score (nSPS) is 22.1. The summed E-state index contributed by atoms with van der Waals surface area (Å²) in [4.78, 5) is 19.9. The van der Waals surface area contributed by atoms with E-state index in [1.807, 2.05) is 6.07 Å². The highest BCUT2D eigenvalue weighted by Crippen LogP contribution is 2.38. The number of carbonyl (C=O) groups is 1. The minimum atomic E-state index is -0.793. The molecule has 0 aromatic carbocycles. The molecule has 7 heteroatoms. The average Bonchev–Trinajstić information content (AvgIpc) is 2.97. The molecule has 0 radical (unpaired) electrons. The minimum Gasteiger partial charge on any atom is -0.481 e. The Balaban J connectivity index is 1.91. The van der Waals surface area contributed by atoms with Gasteiger partial charge in [0.05, 0.1) is 11.8 Å². The summed E-state index contributed by atoms with van der Waals surface area (Å²) in [7, 11) is 0. The summed E-state index contributed by atoms with van der Waals surface area (Å²) in [5, 5.41) is 13.3. The molecule has 0 spiro atoms. The van der Waals surface area contributed by atoms with Crippen LogP contribution in [0.1, 0.15) is 37.5 Å². The lowest BCUT2D eigenvalue weighted by Crippen LogP contribution is -2.25. The van der Waals surface area contributed by atoms with E-state index in [9.17, 15) is 9.90 Å². The molecule has 1 fully saturated rings. The van der Waals surface area contributed by atoms with Gasteiger partial charge in [-0.25, -0.2) is 0 Å². The zero-order valence-corrected chi connectivity index (χ0v) is 12.8. The number of rotatable bonds is 3. The third-order valence-electron chi connectivity index (χ3n) is 3.81. The molecule has 1 aliphatic carbocycles. The first kappa shape index (κ1) is 14.2. The number of aliphatic carboxylic acids is 1. The standard InChI is InChI=1S/C14H14BrN3O3/c15-10-6-3-7-16-11(10)12-17-13(21-18-12)8-4-1-2-5-9(8)14(19)20/h3,6-9H,1-2,4-5H2,(H,19,20). The van der Waals surface area contributed by atoms with Crippen molar-refractivity contribution in [2.24, 2.45) is 5.92 Å². The zero-order chi connectivity index (χ0) is 14.8. The number of halogens is 1. The highest BCUT2D eigenvalue weighted by atomic mass is 79.9. The van der Waals surface area contributed by atoms with Crippen LogP contribution in [0.2, 0.25) is 0 Å². The second-order valence-electron chi connectivity index (χ2n) is 5.13. The predicted octanol–water partition coefficient (Wildman–Crippen LogP) is 3.25. The van der Waals surface area contributed by atoms with Crippen molar-refractivity contribution in [2.45, 2.75) is 31.6 Å². The van der Waals surface area contributed by atoms with Crippen molar-refractivity contribution in [3.05, 3.63) is 28.7 Å². The molecule has 110 valence electrons. The Morgan fingerprint density at radius 3 is 2.95 bits per heavy atom. The van der Waals surface area contributed by atoms with Crippen molar-refractivity contribution < 1.29 is 14.4 Å². The highest BCUT2D eigenvalue weighted by Gasteiger charge is 2.35. The van der Waals surface area contributed by atoms with Crippen LogP contribution in [0, 0.1) is 5.92 Å². The first-order valence-electron chi connectivity index (χ1n) is 6.84. The van der Waals surface area contributed by atoms with E-state index in [1.165, 1.54) is 0 Å². The third kappa shape index (κ3) is 2.83. The Bertz CT molecular complexity index is 658. The van der Waals surface area contributed by atoms with Gasteiger partial charge >= 0.3 is 5.97 Å². The van der Waals surface area contributed by atoms with Gasteiger partial charge < -0.3 is 9.63 Å². The lowest BCUT2D eigenvalue weighted by Gasteiger charge is -2.25. The summed E-state index contributed by atoms with van der Waals surface area (Å²) >= 11 is 3.40. The molecule has 1 aliphatic rings. The van der Waals surface area contributed by atoms with Crippen LogP contribution in [0.5, 0.6) is 0 Å². The summed E-state index contributed by atoms with van der Waals surface area (Å²) < 4.78 is 6.08. The molecule has 2 aromatic heterocycles. The van der Waals surface area contributed by atoms with E-state index in [4.69, 9.17) is 4.52 Å². The van der Waals surface area contributed by atoms with Gasteiger partial charge in [0.15, 0.2) is 0 Å². The zero-order valence-electron chi connectivity index (χ0n) is 11.2. The lowest BCUT2D eigenvalue weighted by atomic mass is 9.79. The van der Waals surface area contributed by atoms with E-state index in [2.05, 4.69) is 31.1 Å². The van der Waals surface area contributed by atoms with Crippen LogP contribution in [0.15, 0.2) is 27.3 Å². The molecular formula is C14H14BrN3O3. The van der Waals surface area contributed by atoms with Gasteiger partial charge in [0, 0.05) is 10.7 Å². The monoisotopic (exact) mass is 351 g/mol. The second kappa shape index (κ2) is 5.93. The van der Waals surface area contributed by atoms with Gasteiger partial charge in [-0.05, 0) is 40.9 Å². The average molecular weight is 352 g/mol. The smallest absolute Gasteiger partial charge is 0.307 e. The Morgan fingerprint density at radius 1 is 1.38 bits per heavy atom. The van der Waals surface area contributed by atoms with Crippen molar-refractivity contribution in [3.8, 4) is 11.5 Å². The molecule has 0 saturated heterocycles. The first-order valence-corrected chi connectivity index (χ1v) is 7.63. The van der Waals surface area contributed by atoms with Gasteiger partial charge in [-0.3, -0.25) is 9.78 Å². The van der Waals surface area contributed by atoms with Crippen molar-refractivity contribution in [1.82, 2.24) is 15.1 Å². The fourth-order valence-electron chi connectivity index (χ4n) is 2.75. The van der Waals surface area contributed by atoms with Gasteiger partial charge in [0.1, 0.15) is 5.69 Å². The first-order chi connectivity index (χ1) is 10.2. The van der Waals surface area contributed by atoms with E-state index >= 15 is 0 Å². The molecule has 2 heterocycles. The second-order valence-corrected chi connectivity index (χ2v) is 5.98. The number of carboxylic acids is 1. The Labute approximate surface area is 129 Å². The molecule has 1 N–H and O–H groups in total. The molecule has 2 atom stereocenters. The van der Waals surface area contributed by atoms with E-state index in [1.54, 1.807) is 12.3 Å². The van der Waals surface area contributed by atoms with Crippen molar-refractivity contribution in [3.63, 3.8) is 0 Å². The fourth-order valence-corrected chi connectivity index (χ4v) is 3.19. The number of nitrogens with zero attached hydrogens (tertiary/aromatic N) is 3. The molecule has 1 saturated carbocycles. The van der Waals surface area contributed by atoms with Crippen molar-refractivity contribution >= 4 is 21.9 Å². The SMILES string of the molecule is O=C(O)C1CCCCC1c1nc(-c2ncccc2Br)no1. The minimum absolute atomic E-state index is 0.208. The molecular weight excluding hydrogens is 338 g/mol. The quantitative estimate of drug-likeness (QED) is 0.912. The van der Waals surface area contributed by atoms with E-state index in [-0.39, 0.29) is 5.92 Å². The number of aromatic nitrogens is 3. The molecule has 6 nitrogen and oxygen atoms in total. The number of pyridine rings is 1. The molecule has 2 aromatic rings. The van der Waals surface area contributed by atoms with Crippen LogP contribution in [0.4, 0.5) is 0 Å². The van der Waals surface area contributed by atoms with E-state index < -0.39 is 11.9 Å². The van der Waals surface area contributed by atoms with Crippen LogP contribution in [-0.2, 0) is 4.79 Å². The molecule has 3 rings (SSSR count). The largest absolute Gasteiger partial charge is 0.481 e. The maximum absolute atomic E-state index is 11.4. The molecule has 0 aliphatic heterocycles. The molecule has 0 amide bonds. The highest BCUT2D eigenvalue weighted by molar-refractivity contribution is 9.10. The van der Waals surface area contributed by atoms with Crippen LogP contribution in [0.3, 0.4) is 0 Å². The van der Waals surface area contributed by atoms with Crippen LogP contribution in [-0.4, -0.2) is 26.2 Å². The maximum atomic E-state index is 11.4. The third-order valence-corrected chi connectivity index (χ3v) is 4.45. The number of carboxylic acid groups (broad SMARTS) is 1. The van der Waals surface area contributed by atoms with Crippen LogP contribution >= 0.6 is 15.9 Å². The van der Waals surface area contributed by atoms with Crippen LogP contribution < -0.4 is 0 Å². The molecule has 21 heavy (non-hydrogen) atoms. The van der Waals surface area contributed by atoms with Crippen LogP contribution in [0.25, 0.3) is 11.5 Å². The summed E-state index contributed by atoms with van der Waals surface area (Å²) in [5.74, 6) is -0.667. The Morgan fingerprint density at radius 2 is 2.19 bits per heavy atom. The van der Waals surface area contributed by atoms with Gasteiger partial charge in [-0.2, -0.15) is 4.98 Å². The summed E-state index contributed by atoms with van der Waals surface area (Å²) in [6, 6.07) is 3.65. The van der Waals surface area contributed by atoms with Gasteiger partial charge in [-0.1, -0.05) is 18.0 Å². The molecule has 2 unspecified atom stereocenters. The molecule has 0 bridgehead atoms. The van der Waals surface area contributed by atoms with Gasteiger partial charge in [0.2, 0.25) is 11.7 Å². The van der Waals surface area contributed by atoms with Gasteiger partial charge in [-0.15, -0.1) is 0 Å². The fraction of sp³-hybridized carbons (Fsp3) is 0.429. The van der Waals surface area contributed by atoms with Crippen molar-refractivity contribution in [1.29, 1.82) is 0 Å². The maximum Gasteiger partial charge on any atom is 0.307 e. The lowest BCUT2D eigenvalue weighted by molar-refractivity contribution is -0.143. The topological polar surface area (TPSA) is 89.1 Å².